The molecular formula is C10H17N3O3. The van der Waals surface area contributed by atoms with Gasteiger partial charge in [-0.15, -0.1) is 0 Å². The summed E-state index contributed by atoms with van der Waals surface area (Å²) in [5, 5.41) is 16.0. The van der Waals surface area contributed by atoms with Crippen LogP contribution in [0.5, 0.6) is 5.75 Å². The number of carbonyl (C=O) groups is 1. The minimum atomic E-state index is -0.885. The molecule has 0 aromatic carbocycles. The second kappa shape index (κ2) is 5.50. The van der Waals surface area contributed by atoms with E-state index in [1.54, 1.807) is 31.1 Å². The molecule has 2 unspecified atom stereocenters. The van der Waals surface area contributed by atoms with Crippen molar-refractivity contribution < 1.29 is 14.6 Å². The van der Waals surface area contributed by atoms with Gasteiger partial charge in [-0.25, -0.2) is 0 Å². The predicted octanol–water partition coefficient (Wildman–Crippen LogP) is 0.515. The highest BCUT2D eigenvalue weighted by Crippen LogP contribution is 2.15. The van der Waals surface area contributed by atoms with E-state index in [2.05, 4.69) is 10.4 Å². The van der Waals surface area contributed by atoms with Crippen LogP contribution < -0.4 is 10.1 Å². The Bertz CT molecular complexity index is 351. The van der Waals surface area contributed by atoms with Crippen LogP contribution in [0.15, 0.2) is 12.4 Å². The summed E-state index contributed by atoms with van der Waals surface area (Å²) in [4.78, 5) is 11.0. The SMILES string of the molecule is CCNC(C(=O)O)C(C)n1cc(OC)cn1. The lowest BCUT2D eigenvalue weighted by Crippen LogP contribution is -2.42. The van der Waals surface area contributed by atoms with Gasteiger partial charge in [-0.1, -0.05) is 6.92 Å². The molecule has 0 aliphatic heterocycles. The maximum atomic E-state index is 11.0. The Morgan fingerprint density at radius 3 is 2.88 bits per heavy atom. The van der Waals surface area contributed by atoms with Crippen LogP contribution in [-0.4, -0.2) is 40.6 Å². The van der Waals surface area contributed by atoms with E-state index in [1.165, 1.54) is 0 Å². The first kappa shape index (κ1) is 12.5. The predicted molar refractivity (Wildman–Crippen MR) is 58.6 cm³/mol. The minimum Gasteiger partial charge on any atom is -0.493 e. The molecule has 0 aliphatic rings. The summed E-state index contributed by atoms with van der Waals surface area (Å²) in [5.74, 6) is -0.267. The van der Waals surface area contributed by atoms with Crippen molar-refractivity contribution in [2.75, 3.05) is 13.7 Å². The van der Waals surface area contributed by atoms with Gasteiger partial charge in [0.05, 0.1) is 25.5 Å². The van der Waals surface area contributed by atoms with Crippen molar-refractivity contribution in [1.82, 2.24) is 15.1 Å². The molecule has 1 aromatic rings. The molecule has 0 radical (unpaired) electrons. The minimum absolute atomic E-state index is 0.277. The maximum absolute atomic E-state index is 11.0. The highest BCUT2D eigenvalue weighted by Gasteiger charge is 2.25. The molecule has 0 fully saturated rings. The van der Waals surface area contributed by atoms with Gasteiger partial charge in [0.15, 0.2) is 5.75 Å². The molecule has 1 heterocycles. The molecule has 16 heavy (non-hydrogen) atoms. The Hall–Kier alpha value is -1.56. The van der Waals surface area contributed by atoms with Crippen LogP contribution in [0.4, 0.5) is 0 Å². The first-order chi connectivity index (χ1) is 7.60. The second-order valence-corrected chi connectivity index (χ2v) is 3.47. The normalized spacial score (nSPS) is 14.4. The molecule has 0 saturated heterocycles. The molecule has 1 rings (SSSR count). The number of nitrogens with zero attached hydrogens (tertiary/aromatic N) is 2. The summed E-state index contributed by atoms with van der Waals surface area (Å²) in [6, 6.07) is -0.934. The van der Waals surface area contributed by atoms with Crippen LogP contribution in [0.3, 0.4) is 0 Å². The van der Waals surface area contributed by atoms with Gasteiger partial charge in [0, 0.05) is 0 Å². The molecular weight excluding hydrogens is 210 g/mol. The zero-order valence-electron chi connectivity index (χ0n) is 9.67. The number of carboxylic acid groups (broad SMARTS) is 1. The Balaban J connectivity index is 2.80. The lowest BCUT2D eigenvalue weighted by molar-refractivity contribution is -0.140. The fraction of sp³-hybridized carbons (Fsp3) is 0.600. The third kappa shape index (κ3) is 2.73. The maximum Gasteiger partial charge on any atom is 0.322 e. The van der Waals surface area contributed by atoms with E-state index >= 15 is 0 Å². The van der Waals surface area contributed by atoms with Crippen molar-refractivity contribution in [1.29, 1.82) is 0 Å². The monoisotopic (exact) mass is 227 g/mol. The smallest absolute Gasteiger partial charge is 0.322 e. The van der Waals surface area contributed by atoms with Gasteiger partial charge in [-0.05, 0) is 13.5 Å². The van der Waals surface area contributed by atoms with Gasteiger partial charge < -0.3 is 15.2 Å². The van der Waals surface area contributed by atoms with Crippen LogP contribution in [0.1, 0.15) is 19.9 Å². The van der Waals surface area contributed by atoms with Gasteiger partial charge in [0.2, 0.25) is 0 Å². The van der Waals surface area contributed by atoms with E-state index in [9.17, 15) is 4.79 Å². The van der Waals surface area contributed by atoms with Crippen molar-refractivity contribution in [3.05, 3.63) is 12.4 Å². The third-order valence-electron chi connectivity index (χ3n) is 2.40. The van der Waals surface area contributed by atoms with Crippen molar-refractivity contribution in [2.45, 2.75) is 25.9 Å². The van der Waals surface area contributed by atoms with E-state index in [4.69, 9.17) is 9.84 Å². The van der Waals surface area contributed by atoms with Crippen molar-refractivity contribution in [3.8, 4) is 5.75 Å². The Kier molecular flexibility index (Phi) is 4.30. The van der Waals surface area contributed by atoms with E-state index in [-0.39, 0.29) is 6.04 Å². The number of ether oxygens (including phenoxy) is 1. The van der Waals surface area contributed by atoms with E-state index in [1.807, 2.05) is 6.92 Å². The lowest BCUT2D eigenvalue weighted by Gasteiger charge is -2.20. The van der Waals surface area contributed by atoms with Gasteiger partial charge in [-0.3, -0.25) is 9.48 Å². The van der Waals surface area contributed by atoms with Crippen molar-refractivity contribution in [3.63, 3.8) is 0 Å². The molecule has 0 spiro atoms. The van der Waals surface area contributed by atoms with Crippen LogP contribution in [-0.2, 0) is 4.79 Å². The van der Waals surface area contributed by atoms with Crippen LogP contribution in [0, 0.1) is 0 Å². The molecule has 0 bridgehead atoms. The summed E-state index contributed by atoms with van der Waals surface area (Å²) < 4.78 is 6.58. The Morgan fingerprint density at radius 1 is 1.75 bits per heavy atom. The topological polar surface area (TPSA) is 76.4 Å². The van der Waals surface area contributed by atoms with Crippen molar-refractivity contribution >= 4 is 5.97 Å². The van der Waals surface area contributed by atoms with Gasteiger partial charge >= 0.3 is 5.97 Å². The van der Waals surface area contributed by atoms with Crippen LogP contribution >= 0.6 is 0 Å². The number of aromatic nitrogens is 2. The van der Waals surface area contributed by atoms with Gasteiger partial charge in [-0.2, -0.15) is 5.10 Å². The highest BCUT2D eigenvalue weighted by molar-refractivity contribution is 5.74. The lowest BCUT2D eigenvalue weighted by atomic mass is 10.1. The Labute approximate surface area is 94.2 Å². The summed E-state index contributed by atoms with van der Waals surface area (Å²) >= 11 is 0. The van der Waals surface area contributed by atoms with Gasteiger partial charge in [0.1, 0.15) is 6.04 Å². The number of nitrogens with one attached hydrogen (secondary N) is 1. The largest absolute Gasteiger partial charge is 0.493 e. The van der Waals surface area contributed by atoms with Crippen LogP contribution in [0.2, 0.25) is 0 Å². The highest BCUT2D eigenvalue weighted by atomic mass is 16.5. The average molecular weight is 227 g/mol. The van der Waals surface area contributed by atoms with Crippen molar-refractivity contribution in [2.24, 2.45) is 0 Å². The van der Waals surface area contributed by atoms with E-state index in [0.29, 0.717) is 12.3 Å². The number of aliphatic carboxylic acids is 1. The zero-order chi connectivity index (χ0) is 12.1. The molecule has 0 amide bonds. The molecule has 2 atom stereocenters. The molecule has 0 saturated carbocycles. The second-order valence-electron chi connectivity index (χ2n) is 3.47. The number of methoxy groups -OCH3 is 1. The fourth-order valence-electron chi connectivity index (χ4n) is 1.49. The Morgan fingerprint density at radius 2 is 2.44 bits per heavy atom. The van der Waals surface area contributed by atoms with Crippen LogP contribution in [0.25, 0.3) is 0 Å². The van der Waals surface area contributed by atoms with Gasteiger partial charge in [0.25, 0.3) is 0 Å². The standard InChI is InChI=1S/C10H17N3O3/c1-4-11-9(10(14)15)7(2)13-6-8(16-3)5-12-13/h5-7,9,11H,4H2,1-3H3,(H,14,15). The molecule has 1 aromatic heterocycles. The fourth-order valence-corrected chi connectivity index (χ4v) is 1.49. The molecule has 6 heteroatoms. The zero-order valence-corrected chi connectivity index (χ0v) is 9.67. The third-order valence-corrected chi connectivity index (χ3v) is 2.40. The quantitative estimate of drug-likeness (QED) is 0.740. The van der Waals surface area contributed by atoms with E-state index < -0.39 is 12.0 Å². The molecule has 0 aliphatic carbocycles. The summed E-state index contributed by atoms with van der Waals surface area (Å²) in [7, 11) is 1.55. The number of rotatable bonds is 6. The summed E-state index contributed by atoms with van der Waals surface area (Å²) in [6.07, 6.45) is 3.24. The summed E-state index contributed by atoms with van der Waals surface area (Å²) in [6.45, 7) is 4.26. The average Bonchev–Trinajstić information content (AvgIpc) is 2.73. The number of likely N-dealkylation sites (N-methyl/N-ethyl adjacent to an activating group) is 1. The molecule has 6 nitrogen and oxygen atoms in total. The molecule has 2 N–H and O–H groups in total. The summed E-state index contributed by atoms with van der Waals surface area (Å²) in [5.41, 5.74) is 0. The first-order valence-corrected chi connectivity index (χ1v) is 5.14. The number of hydrogen-bond acceptors (Lipinski definition) is 4. The number of hydrogen-bond donors (Lipinski definition) is 2. The first-order valence-electron chi connectivity index (χ1n) is 5.14. The van der Waals surface area contributed by atoms with E-state index in [0.717, 1.165) is 0 Å². The molecule has 90 valence electrons. The number of carboxylic acids is 1.